The van der Waals surface area contributed by atoms with Crippen LogP contribution in [0, 0.1) is 11.8 Å². The average Bonchev–Trinajstić information content (AvgIpc) is 2.99. The number of amides is 2. The van der Waals surface area contributed by atoms with Crippen LogP contribution in [0.4, 0.5) is 5.69 Å². The number of carbonyl (C=O) groups excluding carboxylic acids is 2. The van der Waals surface area contributed by atoms with Crippen LogP contribution >= 0.6 is 0 Å². The van der Waals surface area contributed by atoms with Crippen LogP contribution < -0.4 is 11.1 Å². The van der Waals surface area contributed by atoms with Crippen molar-refractivity contribution in [1.82, 2.24) is 0 Å². The molecule has 5 heteroatoms. The third-order valence-electron chi connectivity index (χ3n) is 3.57. The fourth-order valence-corrected chi connectivity index (χ4v) is 2.71. The summed E-state index contributed by atoms with van der Waals surface area (Å²) in [6, 6.07) is 9.12. The van der Waals surface area contributed by atoms with Gasteiger partial charge < -0.3 is 15.8 Å². The van der Waals surface area contributed by atoms with Gasteiger partial charge in [-0.1, -0.05) is 30.4 Å². The topological polar surface area (TPSA) is 81.4 Å². The normalized spacial score (nSPS) is 31.4. The second-order valence-corrected chi connectivity index (χ2v) is 4.76. The van der Waals surface area contributed by atoms with Crippen LogP contribution in [0.3, 0.4) is 0 Å². The molecule has 98 valence electrons. The number of nitrogens with two attached hydrogens (primary N) is 1. The highest BCUT2D eigenvalue weighted by Gasteiger charge is 2.52. The third-order valence-corrected chi connectivity index (χ3v) is 3.57. The highest BCUT2D eigenvalue weighted by Crippen LogP contribution is 2.39. The van der Waals surface area contributed by atoms with Gasteiger partial charge in [-0.05, 0) is 12.1 Å². The Balaban J connectivity index is 1.79. The number of primary amides is 1. The van der Waals surface area contributed by atoms with Gasteiger partial charge in [-0.3, -0.25) is 9.59 Å². The van der Waals surface area contributed by atoms with Gasteiger partial charge in [-0.15, -0.1) is 0 Å². The molecule has 1 aromatic rings. The maximum absolute atomic E-state index is 12.3. The number of hydrogen-bond acceptors (Lipinski definition) is 3. The first kappa shape index (κ1) is 11.9. The third kappa shape index (κ3) is 2.02. The number of rotatable bonds is 3. The second-order valence-electron chi connectivity index (χ2n) is 4.76. The molecule has 4 unspecified atom stereocenters. The number of fused-ring (bicyclic) bond motifs is 2. The van der Waals surface area contributed by atoms with E-state index in [0.29, 0.717) is 5.69 Å². The number of anilines is 1. The molecule has 19 heavy (non-hydrogen) atoms. The molecule has 2 heterocycles. The molecule has 4 atom stereocenters. The van der Waals surface area contributed by atoms with Crippen molar-refractivity contribution in [1.29, 1.82) is 0 Å². The van der Waals surface area contributed by atoms with Gasteiger partial charge in [0.05, 0.1) is 24.0 Å². The summed E-state index contributed by atoms with van der Waals surface area (Å²) in [5.74, 6) is -1.86. The van der Waals surface area contributed by atoms with E-state index in [2.05, 4.69) is 5.32 Å². The first-order valence-corrected chi connectivity index (χ1v) is 6.16. The molecule has 1 fully saturated rings. The van der Waals surface area contributed by atoms with Crippen LogP contribution in [0.1, 0.15) is 0 Å². The second kappa shape index (κ2) is 4.51. The average molecular weight is 258 g/mol. The lowest BCUT2D eigenvalue weighted by atomic mass is 9.82. The number of carbonyl (C=O) groups is 2. The number of nitrogens with one attached hydrogen (secondary N) is 1. The molecule has 2 aliphatic heterocycles. The molecule has 2 amide bonds. The van der Waals surface area contributed by atoms with E-state index in [9.17, 15) is 9.59 Å². The predicted molar refractivity (Wildman–Crippen MR) is 69.0 cm³/mol. The van der Waals surface area contributed by atoms with Gasteiger partial charge in [-0.2, -0.15) is 0 Å². The van der Waals surface area contributed by atoms with Gasteiger partial charge in [0, 0.05) is 5.69 Å². The molecular weight excluding hydrogens is 244 g/mol. The summed E-state index contributed by atoms with van der Waals surface area (Å²) in [5, 5.41) is 2.79. The lowest BCUT2D eigenvalue weighted by Crippen LogP contribution is -2.42. The Kier molecular flexibility index (Phi) is 2.83. The van der Waals surface area contributed by atoms with E-state index in [1.54, 1.807) is 18.2 Å². The summed E-state index contributed by atoms with van der Waals surface area (Å²) in [4.78, 5) is 23.8. The van der Waals surface area contributed by atoms with Gasteiger partial charge in [0.15, 0.2) is 0 Å². The summed E-state index contributed by atoms with van der Waals surface area (Å²) in [6.07, 6.45) is 2.89. The summed E-state index contributed by atoms with van der Waals surface area (Å²) in [5.41, 5.74) is 6.07. The minimum absolute atomic E-state index is 0.230. The first-order valence-electron chi connectivity index (χ1n) is 6.16. The molecule has 3 N–H and O–H groups in total. The maximum atomic E-state index is 12.3. The smallest absolute Gasteiger partial charge is 0.231 e. The fourth-order valence-electron chi connectivity index (χ4n) is 2.71. The number of para-hydroxylation sites is 1. The van der Waals surface area contributed by atoms with Crippen LogP contribution in [0.25, 0.3) is 0 Å². The number of ether oxygens (including phenoxy) is 1. The zero-order valence-corrected chi connectivity index (χ0v) is 10.2. The first-order chi connectivity index (χ1) is 9.16. The largest absolute Gasteiger partial charge is 0.369 e. The summed E-state index contributed by atoms with van der Waals surface area (Å²) in [7, 11) is 0. The van der Waals surface area contributed by atoms with Gasteiger partial charge in [0.25, 0.3) is 0 Å². The summed E-state index contributed by atoms with van der Waals surface area (Å²) in [6.45, 7) is 0. The van der Waals surface area contributed by atoms with E-state index in [-0.39, 0.29) is 18.1 Å². The van der Waals surface area contributed by atoms with Gasteiger partial charge in [0.1, 0.15) is 0 Å². The van der Waals surface area contributed by atoms with E-state index in [4.69, 9.17) is 10.5 Å². The van der Waals surface area contributed by atoms with Crippen molar-refractivity contribution in [3.8, 4) is 0 Å². The molecule has 2 bridgehead atoms. The molecule has 0 saturated carbocycles. The maximum Gasteiger partial charge on any atom is 0.231 e. The van der Waals surface area contributed by atoms with Crippen LogP contribution in [0.5, 0.6) is 0 Å². The molecular formula is C14H14N2O3. The van der Waals surface area contributed by atoms with Gasteiger partial charge in [0.2, 0.25) is 11.8 Å². The molecule has 3 rings (SSSR count). The van der Waals surface area contributed by atoms with Crippen LogP contribution in [0.15, 0.2) is 42.5 Å². The lowest BCUT2D eigenvalue weighted by molar-refractivity contribution is -0.129. The van der Waals surface area contributed by atoms with Crippen molar-refractivity contribution < 1.29 is 14.3 Å². The van der Waals surface area contributed by atoms with Crippen LogP contribution in [-0.4, -0.2) is 24.0 Å². The standard InChI is InChI=1S/C14H14N2O3/c15-13(17)11-9-6-7-10(19-9)12(11)14(18)16-8-4-2-1-3-5-8/h1-7,9-12H,(H2,15,17)(H,16,18). The lowest BCUT2D eigenvalue weighted by Gasteiger charge is -2.21. The van der Waals surface area contributed by atoms with Crippen molar-refractivity contribution >= 4 is 17.5 Å². The van der Waals surface area contributed by atoms with E-state index >= 15 is 0 Å². The monoisotopic (exact) mass is 258 g/mol. The summed E-state index contributed by atoms with van der Waals surface area (Å²) < 4.78 is 5.54. The Bertz CT molecular complexity index is 541. The van der Waals surface area contributed by atoms with E-state index in [1.807, 2.05) is 24.3 Å². The molecule has 0 aromatic heterocycles. The summed E-state index contributed by atoms with van der Waals surface area (Å²) >= 11 is 0. The molecule has 1 saturated heterocycles. The van der Waals surface area contributed by atoms with Gasteiger partial charge in [-0.25, -0.2) is 0 Å². The Morgan fingerprint density at radius 2 is 1.68 bits per heavy atom. The van der Waals surface area contributed by atoms with Crippen molar-refractivity contribution in [3.63, 3.8) is 0 Å². The zero-order valence-electron chi connectivity index (χ0n) is 10.2. The zero-order chi connectivity index (χ0) is 13.4. The number of hydrogen-bond donors (Lipinski definition) is 2. The predicted octanol–water partition coefficient (Wildman–Crippen LogP) is 0.680. The SMILES string of the molecule is NC(=O)C1C2C=CC(O2)C1C(=O)Nc1ccccc1. The molecule has 2 aliphatic rings. The van der Waals surface area contributed by atoms with Crippen molar-refractivity contribution in [2.75, 3.05) is 5.32 Å². The molecule has 0 spiro atoms. The Hall–Kier alpha value is -2.14. The molecule has 0 radical (unpaired) electrons. The van der Waals surface area contributed by atoms with E-state index in [0.717, 1.165) is 0 Å². The fraction of sp³-hybridized carbons (Fsp3) is 0.286. The Morgan fingerprint density at radius 1 is 1.05 bits per heavy atom. The van der Waals surface area contributed by atoms with Crippen molar-refractivity contribution in [2.45, 2.75) is 12.2 Å². The van der Waals surface area contributed by atoms with E-state index < -0.39 is 17.7 Å². The molecule has 5 nitrogen and oxygen atoms in total. The quantitative estimate of drug-likeness (QED) is 0.782. The number of benzene rings is 1. The van der Waals surface area contributed by atoms with Crippen LogP contribution in [0.2, 0.25) is 0 Å². The highest BCUT2D eigenvalue weighted by atomic mass is 16.5. The van der Waals surface area contributed by atoms with Crippen molar-refractivity contribution in [2.24, 2.45) is 17.6 Å². The Morgan fingerprint density at radius 3 is 2.32 bits per heavy atom. The minimum atomic E-state index is -0.585. The minimum Gasteiger partial charge on any atom is -0.369 e. The van der Waals surface area contributed by atoms with E-state index in [1.165, 1.54) is 0 Å². The Labute approximate surface area is 110 Å². The molecule has 1 aromatic carbocycles. The van der Waals surface area contributed by atoms with Crippen molar-refractivity contribution in [3.05, 3.63) is 42.5 Å². The highest BCUT2D eigenvalue weighted by molar-refractivity contribution is 5.97. The molecule has 0 aliphatic carbocycles. The van der Waals surface area contributed by atoms with Gasteiger partial charge >= 0.3 is 0 Å². The van der Waals surface area contributed by atoms with Crippen LogP contribution in [-0.2, 0) is 14.3 Å².